The number of rotatable bonds is 4. The number of primary amides is 1. The highest BCUT2D eigenvalue weighted by atomic mass is 16.1. The van der Waals surface area contributed by atoms with Gasteiger partial charge in [-0.2, -0.15) is 5.10 Å². The summed E-state index contributed by atoms with van der Waals surface area (Å²) in [6.07, 6.45) is 5.26. The Kier molecular flexibility index (Phi) is 3.76. The van der Waals surface area contributed by atoms with Gasteiger partial charge in [-0.1, -0.05) is 12.1 Å². The Labute approximate surface area is 133 Å². The van der Waals surface area contributed by atoms with Crippen molar-refractivity contribution in [2.24, 2.45) is 12.8 Å². The SMILES string of the molecule is Cc1cnc(Nc2cnn(C)c2)nc1-c1cccc(C(N)=O)c1. The number of amides is 1. The first-order chi connectivity index (χ1) is 11.0. The molecule has 3 N–H and O–H groups in total. The molecule has 0 unspecified atom stereocenters. The number of aryl methyl sites for hydroxylation is 2. The molecule has 23 heavy (non-hydrogen) atoms. The van der Waals surface area contributed by atoms with E-state index in [0.29, 0.717) is 11.5 Å². The lowest BCUT2D eigenvalue weighted by Crippen LogP contribution is -2.10. The zero-order valence-electron chi connectivity index (χ0n) is 12.8. The predicted octanol–water partition coefficient (Wildman–Crippen LogP) is 2.03. The minimum Gasteiger partial charge on any atom is -0.366 e. The van der Waals surface area contributed by atoms with Gasteiger partial charge in [0.05, 0.1) is 17.6 Å². The Balaban J connectivity index is 1.97. The largest absolute Gasteiger partial charge is 0.366 e. The predicted molar refractivity (Wildman–Crippen MR) is 87.2 cm³/mol. The fourth-order valence-electron chi connectivity index (χ4n) is 2.23. The van der Waals surface area contributed by atoms with Gasteiger partial charge in [0.2, 0.25) is 11.9 Å². The van der Waals surface area contributed by atoms with Crippen LogP contribution in [0.4, 0.5) is 11.6 Å². The summed E-state index contributed by atoms with van der Waals surface area (Å²) in [5.74, 6) is -0.00431. The van der Waals surface area contributed by atoms with Crippen molar-refractivity contribution in [3.63, 3.8) is 0 Å². The van der Waals surface area contributed by atoms with Gasteiger partial charge in [0, 0.05) is 30.6 Å². The van der Waals surface area contributed by atoms with Gasteiger partial charge in [-0.15, -0.1) is 0 Å². The van der Waals surface area contributed by atoms with Gasteiger partial charge in [0.15, 0.2) is 0 Å². The van der Waals surface area contributed by atoms with Crippen LogP contribution in [0.5, 0.6) is 0 Å². The van der Waals surface area contributed by atoms with Gasteiger partial charge in [-0.3, -0.25) is 9.48 Å². The summed E-state index contributed by atoms with van der Waals surface area (Å²) >= 11 is 0. The lowest BCUT2D eigenvalue weighted by Gasteiger charge is -2.09. The van der Waals surface area contributed by atoms with Crippen molar-refractivity contribution < 1.29 is 4.79 Å². The lowest BCUT2D eigenvalue weighted by molar-refractivity contribution is 0.100. The van der Waals surface area contributed by atoms with Crippen LogP contribution in [0.2, 0.25) is 0 Å². The molecular formula is C16H16N6O. The summed E-state index contributed by atoms with van der Waals surface area (Å²) in [6.45, 7) is 1.92. The van der Waals surface area contributed by atoms with Gasteiger partial charge in [-0.25, -0.2) is 9.97 Å². The van der Waals surface area contributed by atoms with Crippen molar-refractivity contribution in [2.75, 3.05) is 5.32 Å². The van der Waals surface area contributed by atoms with Gasteiger partial charge in [-0.05, 0) is 24.6 Å². The third-order valence-corrected chi connectivity index (χ3v) is 3.35. The zero-order chi connectivity index (χ0) is 16.4. The first kappa shape index (κ1) is 14.7. The Bertz CT molecular complexity index is 871. The number of anilines is 2. The molecule has 0 aliphatic rings. The second kappa shape index (κ2) is 5.88. The highest BCUT2D eigenvalue weighted by Gasteiger charge is 2.09. The van der Waals surface area contributed by atoms with Crippen LogP contribution >= 0.6 is 0 Å². The molecule has 2 heterocycles. The van der Waals surface area contributed by atoms with Crippen molar-refractivity contribution in [1.82, 2.24) is 19.7 Å². The average molecular weight is 308 g/mol. The molecule has 0 aliphatic carbocycles. The minimum absolute atomic E-state index is 0.447. The fourth-order valence-corrected chi connectivity index (χ4v) is 2.23. The monoisotopic (exact) mass is 308 g/mol. The van der Waals surface area contributed by atoms with E-state index in [4.69, 9.17) is 5.73 Å². The molecule has 0 radical (unpaired) electrons. The van der Waals surface area contributed by atoms with Crippen LogP contribution in [0.1, 0.15) is 15.9 Å². The molecule has 1 aromatic carbocycles. The number of nitrogens with two attached hydrogens (primary N) is 1. The maximum Gasteiger partial charge on any atom is 0.248 e. The minimum atomic E-state index is -0.465. The Hall–Kier alpha value is -3.22. The lowest BCUT2D eigenvalue weighted by atomic mass is 10.0. The molecule has 0 aliphatic heterocycles. The topological polar surface area (TPSA) is 98.7 Å². The molecule has 1 amide bonds. The van der Waals surface area contributed by atoms with Crippen LogP contribution in [0, 0.1) is 6.92 Å². The van der Waals surface area contributed by atoms with Gasteiger partial charge < -0.3 is 11.1 Å². The van der Waals surface area contributed by atoms with Gasteiger partial charge in [0.1, 0.15) is 0 Å². The molecule has 116 valence electrons. The highest BCUT2D eigenvalue weighted by Crippen LogP contribution is 2.23. The molecule has 0 saturated carbocycles. The molecule has 0 bridgehead atoms. The molecule has 2 aromatic heterocycles. The van der Waals surface area contributed by atoms with Gasteiger partial charge in [0.25, 0.3) is 0 Å². The molecule has 0 atom stereocenters. The van der Waals surface area contributed by atoms with Crippen LogP contribution in [0.15, 0.2) is 42.9 Å². The summed E-state index contributed by atoms with van der Waals surface area (Å²) in [7, 11) is 1.84. The van der Waals surface area contributed by atoms with E-state index in [1.807, 2.05) is 26.2 Å². The highest BCUT2D eigenvalue weighted by molar-refractivity contribution is 5.94. The van der Waals surface area contributed by atoms with E-state index in [9.17, 15) is 4.79 Å². The number of benzene rings is 1. The van der Waals surface area contributed by atoms with E-state index in [-0.39, 0.29) is 0 Å². The van der Waals surface area contributed by atoms with Crippen LogP contribution in [0.3, 0.4) is 0 Å². The molecule has 3 aromatic rings. The van der Waals surface area contributed by atoms with Crippen molar-refractivity contribution >= 4 is 17.5 Å². The molecule has 7 nitrogen and oxygen atoms in total. The number of nitrogens with zero attached hydrogens (tertiary/aromatic N) is 4. The standard InChI is InChI=1S/C16H16N6O/c1-10-7-18-16(20-13-8-19-22(2)9-13)21-14(10)11-4-3-5-12(6-11)15(17)23/h3-9H,1-2H3,(H2,17,23)(H,18,20,21). The number of hydrogen-bond acceptors (Lipinski definition) is 5. The van der Waals surface area contributed by atoms with Crippen molar-refractivity contribution in [1.29, 1.82) is 0 Å². The number of aromatic nitrogens is 4. The third kappa shape index (κ3) is 3.18. The maximum absolute atomic E-state index is 11.3. The summed E-state index contributed by atoms with van der Waals surface area (Å²) in [5, 5.41) is 7.19. The van der Waals surface area contributed by atoms with Gasteiger partial charge >= 0.3 is 0 Å². The van der Waals surface area contributed by atoms with E-state index in [2.05, 4.69) is 20.4 Å². The van der Waals surface area contributed by atoms with E-state index in [1.54, 1.807) is 35.3 Å². The summed E-state index contributed by atoms with van der Waals surface area (Å²) in [6, 6.07) is 7.07. The molecule has 3 rings (SSSR count). The molecule has 0 spiro atoms. The second-order valence-corrected chi connectivity index (χ2v) is 5.20. The van der Waals surface area contributed by atoms with E-state index in [1.165, 1.54) is 0 Å². The number of carbonyl (C=O) groups is 1. The second-order valence-electron chi connectivity index (χ2n) is 5.20. The summed E-state index contributed by atoms with van der Waals surface area (Å²) < 4.78 is 1.69. The first-order valence-electron chi connectivity index (χ1n) is 7.02. The van der Waals surface area contributed by atoms with Crippen LogP contribution in [-0.4, -0.2) is 25.7 Å². The van der Waals surface area contributed by atoms with Crippen LogP contribution in [0.25, 0.3) is 11.3 Å². The fraction of sp³-hybridized carbons (Fsp3) is 0.125. The third-order valence-electron chi connectivity index (χ3n) is 3.35. The van der Waals surface area contributed by atoms with E-state index in [0.717, 1.165) is 22.5 Å². The first-order valence-corrected chi connectivity index (χ1v) is 7.02. The molecule has 7 heteroatoms. The molecule has 0 fully saturated rings. The smallest absolute Gasteiger partial charge is 0.248 e. The normalized spacial score (nSPS) is 10.5. The number of nitrogens with one attached hydrogen (secondary N) is 1. The van der Waals surface area contributed by atoms with E-state index >= 15 is 0 Å². The molecule has 0 saturated heterocycles. The summed E-state index contributed by atoms with van der Waals surface area (Å²) in [4.78, 5) is 20.2. The van der Waals surface area contributed by atoms with Crippen molar-refractivity contribution in [3.8, 4) is 11.3 Å². The Morgan fingerprint density at radius 1 is 1.30 bits per heavy atom. The Morgan fingerprint density at radius 2 is 2.13 bits per heavy atom. The Morgan fingerprint density at radius 3 is 2.83 bits per heavy atom. The van der Waals surface area contributed by atoms with Crippen LogP contribution in [-0.2, 0) is 7.05 Å². The van der Waals surface area contributed by atoms with E-state index < -0.39 is 5.91 Å². The zero-order valence-corrected chi connectivity index (χ0v) is 12.8. The summed E-state index contributed by atoms with van der Waals surface area (Å²) in [5.41, 5.74) is 9.05. The number of hydrogen-bond donors (Lipinski definition) is 2. The van der Waals surface area contributed by atoms with Crippen molar-refractivity contribution in [3.05, 3.63) is 54.0 Å². The maximum atomic E-state index is 11.3. The number of carbonyl (C=O) groups excluding carboxylic acids is 1. The van der Waals surface area contributed by atoms with Crippen LogP contribution < -0.4 is 11.1 Å². The average Bonchev–Trinajstić information content (AvgIpc) is 2.94. The molecular weight excluding hydrogens is 292 g/mol. The van der Waals surface area contributed by atoms with Crippen molar-refractivity contribution in [2.45, 2.75) is 6.92 Å². The quantitative estimate of drug-likeness (QED) is 0.768.